The van der Waals surface area contributed by atoms with Gasteiger partial charge in [-0.15, -0.1) is 0 Å². The fourth-order valence-electron chi connectivity index (χ4n) is 1.71. The summed E-state index contributed by atoms with van der Waals surface area (Å²) in [5, 5.41) is 3.34. The number of nitrogens with one attached hydrogen (secondary N) is 1. The zero-order valence-electron chi connectivity index (χ0n) is 9.40. The predicted octanol–water partition coefficient (Wildman–Crippen LogP) is 1.01. The van der Waals surface area contributed by atoms with Gasteiger partial charge in [0.1, 0.15) is 11.6 Å². The minimum absolute atomic E-state index is 0.396. The summed E-state index contributed by atoms with van der Waals surface area (Å²) in [6.07, 6.45) is 1.86. The fourth-order valence-corrected chi connectivity index (χ4v) is 1.71. The highest BCUT2D eigenvalue weighted by Gasteiger charge is 2.12. The Morgan fingerprint density at radius 1 is 1.33 bits per heavy atom. The van der Waals surface area contributed by atoms with Crippen LogP contribution in [0, 0.1) is 0 Å². The normalized spacial score (nSPS) is 17.1. The Bertz CT molecular complexity index is 318. The second kappa shape index (κ2) is 4.57. The Morgan fingerprint density at radius 2 is 2.07 bits per heavy atom. The minimum Gasteiger partial charge on any atom is -0.354 e. The standard InChI is InChI=1S/C11H18N4/c1-9(2)11-13-4-3-10(14-11)15-7-5-12-6-8-15/h3-4,9,12H,5-8H2,1-2H3. The first-order valence-corrected chi connectivity index (χ1v) is 5.56. The summed E-state index contributed by atoms with van der Waals surface area (Å²) in [6, 6.07) is 2.00. The van der Waals surface area contributed by atoms with Crippen LogP contribution in [0.15, 0.2) is 12.3 Å². The molecule has 1 aliphatic rings. The molecule has 1 aliphatic heterocycles. The van der Waals surface area contributed by atoms with E-state index in [2.05, 4.69) is 34.0 Å². The van der Waals surface area contributed by atoms with E-state index in [4.69, 9.17) is 0 Å². The molecule has 1 N–H and O–H groups in total. The molecule has 1 fully saturated rings. The molecule has 1 saturated heterocycles. The lowest BCUT2D eigenvalue weighted by Crippen LogP contribution is -2.44. The zero-order chi connectivity index (χ0) is 10.7. The molecule has 15 heavy (non-hydrogen) atoms. The lowest BCUT2D eigenvalue weighted by atomic mass is 10.2. The van der Waals surface area contributed by atoms with Crippen molar-refractivity contribution in [1.29, 1.82) is 0 Å². The van der Waals surface area contributed by atoms with Crippen LogP contribution in [0.1, 0.15) is 25.6 Å². The maximum Gasteiger partial charge on any atom is 0.133 e. The van der Waals surface area contributed by atoms with Crippen molar-refractivity contribution in [3.63, 3.8) is 0 Å². The van der Waals surface area contributed by atoms with Crippen molar-refractivity contribution in [3.8, 4) is 0 Å². The number of aromatic nitrogens is 2. The summed E-state index contributed by atoms with van der Waals surface area (Å²) in [6.45, 7) is 8.40. The first-order chi connectivity index (χ1) is 7.27. The molecule has 0 atom stereocenters. The van der Waals surface area contributed by atoms with Gasteiger partial charge in [-0.3, -0.25) is 0 Å². The average molecular weight is 206 g/mol. The van der Waals surface area contributed by atoms with E-state index in [1.54, 1.807) is 0 Å². The van der Waals surface area contributed by atoms with Crippen molar-refractivity contribution in [1.82, 2.24) is 15.3 Å². The molecule has 0 unspecified atom stereocenters. The van der Waals surface area contributed by atoms with E-state index in [-0.39, 0.29) is 0 Å². The second-order valence-corrected chi connectivity index (χ2v) is 4.16. The number of piperazine rings is 1. The topological polar surface area (TPSA) is 41.1 Å². The highest BCUT2D eigenvalue weighted by molar-refractivity contribution is 5.38. The highest BCUT2D eigenvalue weighted by Crippen LogP contribution is 2.14. The molecule has 0 spiro atoms. The van der Waals surface area contributed by atoms with Gasteiger partial charge in [0.25, 0.3) is 0 Å². The Kier molecular flexibility index (Phi) is 3.16. The molecule has 82 valence electrons. The van der Waals surface area contributed by atoms with Gasteiger partial charge in [-0.05, 0) is 6.07 Å². The smallest absolute Gasteiger partial charge is 0.133 e. The van der Waals surface area contributed by atoms with Gasteiger partial charge in [-0.1, -0.05) is 13.8 Å². The van der Waals surface area contributed by atoms with E-state index >= 15 is 0 Å². The Hall–Kier alpha value is -1.16. The maximum atomic E-state index is 4.58. The monoisotopic (exact) mass is 206 g/mol. The maximum absolute atomic E-state index is 4.58. The van der Waals surface area contributed by atoms with E-state index in [0.717, 1.165) is 37.8 Å². The van der Waals surface area contributed by atoms with Crippen molar-refractivity contribution in [2.75, 3.05) is 31.1 Å². The van der Waals surface area contributed by atoms with Crippen molar-refractivity contribution in [2.45, 2.75) is 19.8 Å². The first kappa shape index (κ1) is 10.4. The third-order valence-electron chi connectivity index (χ3n) is 2.62. The molecule has 1 aromatic rings. The third-order valence-corrected chi connectivity index (χ3v) is 2.62. The zero-order valence-corrected chi connectivity index (χ0v) is 9.40. The summed E-state index contributed by atoms with van der Waals surface area (Å²) in [7, 11) is 0. The molecular weight excluding hydrogens is 188 g/mol. The Morgan fingerprint density at radius 3 is 2.73 bits per heavy atom. The number of rotatable bonds is 2. The number of hydrogen-bond donors (Lipinski definition) is 1. The van der Waals surface area contributed by atoms with E-state index < -0.39 is 0 Å². The van der Waals surface area contributed by atoms with E-state index in [1.807, 2.05) is 12.3 Å². The van der Waals surface area contributed by atoms with E-state index in [0.29, 0.717) is 5.92 Å². The molecular formula is C11H18N4. The van der Waals surface area contributed by atoms with Crippen LogP contribution >= 0.6 is 0 Å². The summed E-state index contributed by atoms with van der Waals surface area (Å²) < 4.78 is 0. The van der Waals surface area contributed by atoms with Crippen LogP contribution in [0.2, 0.25) is 0 Å². The molecule has 2 rings (SSSR count). The van der Waals surface area contributed by atoms with Crippen LogP contribution in [0.4, 0.5) is 5.82 Å². The van der Waals surface area contributed by atoms with Gasteiger partial charge in [0, 0.05) is 38.3 Å². The van der Waals surface area contributed by atoms with Gasteiger partial charge in [0.2, 0.25) is 0 Å². The third kappa shape index (κ3) is 2.45. The van der Waals surface area contributed by atoms with E-state index in [1.165, 1.54) is 0 Å². The fraction of sp³-hybridized carbons (Fsp3) is 0.636. The van der Waals surface area contributed by atoms with Crippen LogP contribution in [-0.4, -0.2) is 36.1 Å². The summed E-state index contributed by atoms with van der Waals surface area (Å²) in [5.74, 6) is 2.40. The van der Waals surface area contributed by atoms with Crippen LogP contribution in [0.3, 0.4) is 0 Å². The lowest BCUT2D eigenvalue weighted by molar-refractivity contribution is 0.582. The average Bonchev–Trinajstić information content (AvgIpc) is 2.30. The molecule has 0 aliphatic carbocycles. The summed E-state index contributed by atoms with van der Waals surface area (Å²) in [5.41, 5.74) is 0. The van der Waals surface area contributed by atoms with Crippen molar-refractivity contribution < 1.29 is 0 Å². The van der Waals surface area contributed by atoms with Gasteiger partial charge >= 0.3 is 0 Å². The number of nitrogens with zero attached hydrogens (tertiary/aromatic N) is 3. The first-order valence-electron chi connectivity index (χ1n) is 5.56. The van der Waals surface area contributed by atoms with Crippen LogP contribution in [0.25, 0.3) is 0 Å². The number of anilines is 1. The molecule has 0 radical (unpaired) electrons. The number of hydrogen-bond acceptors (Lipinski definition) is 4. The minimum atomic E-state index is 0.396. The molecule has 4 heteroatoms. The van der Waals surface area contributed by atoms with Crippen molar-refractivity contribution in [3.05, 3.63) is 18.1 Å². The summed E-state index contributed by atoms with van der Waals surface area (Å²) in [4.78, 5) is 11.2. The SMILES string of the molecule is CC(C)c1nccc(N2CCNCC2)n1. The molecule has 1 aromatic heterocycles. The highest BCUT2D eigenvalue weighted by atomic mass is 15.2. The molecule has 0 aromatic carbocycles. The van der Waals surface area contributed by atoms with Gasteiger partial charge in [0.05, 0.1) is 0 Å². The van der Waals surface area contributed by atoms with Crippen LogP contribution in [-0.2, 0) is 0 Å². The molecule has 4 nitrogen and oxygen atoms in total. The quantitative estimate of drug-likeness (QED) is 0.784. The Balaban J connectivity index is 2.16. The predicted molar refractivity (Wildman–Crippen MR) is 61.2 cm³/mol. The Labute approximate surface area is 90.7 Å². The van der Waals surface area contributed by atoms with Gasteiger partial charge in [-0.2, -0.15) is 0 Å². The summed E-state index contributed by atoms with van der Waals surface area (Å²) >= 11 is 0. The van der Waals surface area contributed by atoms with Gasteiger partial charge in [0.15, 0.2) is 0 Å². The second-order valence-electron chi connectivity index (χ2n) is 4.16. The van der Waals surface area contributed by atoms with Crippen molar-refractivity contribution >= 4 is 5.82 Å². The van der Waals surface area contributed by atoms with Crippen LogP contribution in [0.5, 0.6) is 0 Å². The molecule has 0 saturated carbocycles. The van der Waals surface area contributed by atoms with Gasteiger partial charge in [-0.25, -0.2) is 9.97 Å². The molecule has 2 heterocycles. The van der Waals surface area contributed by atoms with E-state index in [9.17, 15) is 0 Å². The van der Waals surface area contributed by atoms with Crippen LogP contribution < -0.4 is 10.2 Å². The lowest BCUT2D eigenvalue weighted by Gasteiger charge is -2.28. The van der Waals surface area contributed by atoms with Crippen molar-refractivity contribution in [2.24, 2.45) is 0 Å². The molecule has 0 amide bonds. The largest absolute Gasteiger partial charge is 0.354 e. The van der Waals surface area contributed by atoms with Gasteiger partial charge < -0.3 is 10.2 Å². The molecule has 0 bridgehead atoms.